The molecule has 0 atom stereocenters. The summed E-state index contributed by atoms with van der Waals surface area (Å²) in [6.07, 6.45) is 0. The predicted octanol–water partition coefficient (Wildman–Crippen LogP) is -4.24. The van der Waals surface area contributed by atoms with Crippen LogP contribution < -0.4 is 21.9 Å². The molecule has 0 aliphatic heterocycles. The van der Waals surface area contributed by atoms with Crippen LogP contribution in [0.5, 0.6) is 0 Å². The summed E-state index contributed by atoms with van der Waals surface area (Å²) in [4.78, 5) is 1.42. The number of hydrogen-bond acceptors (Lipinski definition) is 0. The van der Waals surface area contributed by atoms with Gasteiger partial charge < -0.3 is 21.9 Å². The molecule has 0 heterocycles. The maximum atomic E-state index is 2.08. The van der Waals surface area contributed by atoms with Crippen molar-refractivity contribution >= 4 is 0 Å². The Kier molecular flexibility index (Phi) is 25.0. The molecule has 38 valence electrons. The van der Waals surface area contributed by atoms with Crippen LogP contribution in [-0.4, -0.2) is 21.1 Å². The van der Waals surface area contributed by atoms with Crippen molar-refractivity contribution < 1.29 is 48.1 Å². The SMILES string of the molecule is C[NH+](C)C.[Br-].[Zr]. The van der Waals surface area contributed by atoms with Crippen LogP contribution in [0.15, 0.2) is 0 Å². The van der Waals surface area contributed by atoms with Gasteiger partial charge in [0.05, 0.1) is 21.1 Å². The van der Waals surface area contributed by atoms with Gasteiger partial charge >= 0.3 is 0 Å². The van der Waals surface area contributed by atoms with Gasteiger partial charge in [0.1, 0.15) is 0 Å². The van der Waals surface area contributed by atoms with Crippen LogP contribution in [-0.2, 0) is 26.2 Å². The smallest absolute Gasteiger partial charge is 0.0661 e. The van der Waals surface area contributed by atoms with Crippen LogP contribution in [0.25, 0.3) is 0 Å². The van der Waals surface area contributed by atoms with Crippen molar-refractivity contribution in [3.05, 3.63) is 0 Å². The minimum atomic E-state index is 0. The quantitative estimate of drug-likeness (QED) is 0.431. The normalized spacial score (nSPS) is 6.00. The predicted molar refractivity (Wildman–Crippen MR) is 18.7 cm³/mol. The van der Waals surface area contributed by atoms with Crippen molar-refractivity contribution in [2.45, 2.75) is 0 Å². The van der Waals surface area contributed by atoms with Gasteiger partial charge in [-0.25, -0.2) is 0 Å². The molecular formula is C3H10BrNZr. The Morgan fingerprint density at radius 3 is 1.00 bits per heavy atom. The zero-order valence-electron chi connectivity index (χ0n) is 4.38. The molecule has 0 aliphatic rings. The Balaban J connectivity index is -0.0000000450. The largest absolute Gasteiger partial charge is 1.00 e. The van der Waals surface area contributed by atoms with Gasteiger partial charge in [-0.1, -0.05) is 0 Å². The van der Waals surface area contributed by atoms with E-state index in [9.17, 15) is 0 Å². The van der Waals surface area contributed by atoms with Gasteiger partial charge in [-0.3, -0.25) is 0 Å². The molecule has 6 heavy (non-hydrogen) atoms. The van der Waals surface area contributed by atoms with Gasteiger partial charge in [0, 0.05) is 26.2 Å². The molecular weight excluding hydrogens is 221 g/mol. The van der Waals surface area contributed by atoms with Crippen molar-refractivity contribution in [2.75, 3.05) is 21.1 Å². The fourth-order valence-corrected chi connectivity index (χ4v) is 0. The molecule has 0 unspecified atom stereocenters. The van der Waals surface area contributed by atoms with E-state index >= 15 is 0 Å². The van der Waals surface area contributed by atoms with E-state index < -0.39 is 0 Å². The second-order valence-electron chi connectivity index (χ2n) is 1.50. The third-order valence-electron chi connectivity index (χ3n) is 0. The van der Waals surface area contributed by atoms with Crippen LogP contribution in [0.1, 0.15) is 0 Å². The van der Waals surface area contributed by atoms with Gasteiger partial charge in [0.25, 0.3) is 0 Å². The summed E-state index contributed by atoms with van der Waals surface area (Å²) in [6, 6.07) is 0. The third kappa shape index (κ3) is 56.8. The first-order valence-electron chi connectivity index (χ1n) is 1.50. The zero-order chi connectivity index (χ0) is 3.58. The summed E-state index contributed by atoms with van der Waals surface area (Å²) in [5, 5.41) is 0. The standard InChI is InChI=1S/C3H9N.BrH.Zr/c1-4(2)3;;/h1-3H3;1H;. The van der Waals surface area contributed by atoms with E-state index in [0.29, 0.717) is 0 Å². The van der Waals surface area contributed by atoms with Crippen molar-refractivity contribution in [3.63, 3.8) is 0 Å². The molecule has 0 aromatic carbocycles. The summed E-state index contributed by atoms with van der Waals surface area (Å²) >= 11 is 0. The Hall–Kier alpha value is 1.32. The molecule has 0 rings (SSSR count). The van der Waals surface area contributed by atoms with Crippen molar-refractivity contribution in [1.29, 1.82) is 0 Å². The topological polar surface area (TPSA) is 4.44 Å². The van der Waals surface area contributed by atoms with E-state index in [-0.39, 0.29) is 43.2 Å². The Labute approximate surface area is 69.0 Å². The van der Waals surface area contributed by atoms with Crippen molar-refractivity contribution in [2.24, 2.45) is 0 Å². The average molecular weight is 231 g/mol. The molecule has 0 fully saturated rings. The van der Waals surface area contributed by atoms with Crippen LogP contribution in [0.3, 0.4) is 0 Å². The molecule has 0 aromatic heterocycles. The Bertz CT molecular complexity index is 15.5. The van der Waals surface area contributed by atoms with Crippen LogP contribution in [0.4, 0.5) is 0 Å². The van der Waals surface area contributed by atoms with Gasteiger partial charge in [-0.15, -0.1) is 0 Å². The number of rotatable bonds is 0. The van der Waals surface area contributed by atoms with Crippen molar-refractivity contribution in [3.8, 4) is 0 Å². The van der Waals surface area contributed by atoms with Gasteiger partial charge in [0.15, 0.2) is 0 Å². The van der Waals surface area contributed by atoms with Crippen LogP contribution in [0.2, 0.25) is 0 Å². The van der Waals surface area contributed by atoms with E-state index in [2.05, 4.69) is 21.1 Å². The maximum Gasteiger partial charge on any atom is 0.0661 e. The summed E-state index contributed by atoms with van der Waals surface area (Å²) in [5.74, 6) is 0. The molecule has 3 heteroatoms. The third-order valence-corrected chi connectivity index (χ3v) is 0. The minimum absolute atomic E-state index is 0. The van der Waals surface area contributed by atoms with Gasteiger partial charge in [0.2, 0.25) is 0 Å². The molecule has 0 radical (unpaired) electrons. The first kappa shape index (κ1) is 15.7. The molecule has 0 bridgehead atoms. The Morgan fingerprint density at radius 1 is 1.00 bits per heavy atom. The molecule has 0 spiro atoms. The fourth-order valence-electron chi connectivity index (χ4n) is 0. The number of quaternary nitrogens is 1. The molecule has 0 saturated carbocycles. The minimum Gasteiger partial charge on any atom is -1.00 e. The number of halogens is 1. The summed E-state index contributed by atoms with van der Waals surface area (Å²) < 4.78 is 0. The maximum absolute atomic E-state index is 2.08. The summed E-state index contributed by atoms with van der Waals surface area (Å²) in [6.45, 7) is 0. The number of nitrogens with one attached hydrogen (secondary N) is 1. The van der Waals surface area contributed by atoms with E-state index in [4.69, 9.17) is 0 Å². The molecule has 0 amide bonds. The zero-order valence-corrected chi connectivity index (χ0v) is 8.42. The van der Waals surface area contributed by atoms with Crippen LogP contribution in [0, 0.1) is 0 Å². The molecule has 0 aromatic rings. The molecule has 0 saturated heterocycles. The molecule has 0 aliphatic carbocycles. The second-order valence-corrected chi connectivity index (χ2v) is 1.50. The summed E-state index contributed by atoms with van der Waals surface area (Å²) in [7, 11) is 6.25. The fraction of sp³-hybridized carbons (Fsp3) is 1.00. The van der Waals surface area contributed by atoms with Gasteiger partial charge in [-0.05, 0) is 0 Å². The molecule has 1 N–H and O–H groups in total. The van der Waals surface area contributed by atoms with E-state index in [1.165, 1.54) is 4.90 Å². The summed E-state index contributed by atoms with van der Waals surface area (Å²) in [5.41, 5.74) is 0. The number of hydrogen-bond donors (Lipinski definition) is 1. The molecule has 1 nitrogen and oxygen atoms in total. The second kappa shape index (κ2) is 9.59. The van der Waals surface area contributed by atoms with E-state index in [0.717, 1.165) is 0 Å². The Morgan fingerprint density at radius 2 is 1.00 bits per heavy atom. The van der Waals surface area contributed by atoms with Crippen LogP contribution >= 0.6 is 0 Å². The van der Waals surface area contributed by atoms with Crippen molar-refractivity contribution in [1.82, 2.24) is 0 Å². The van der Waals surface area contributed by atoms with E-state index in [1.807, 2.05) is 0 Å². The monoisotopic (exact) mass is 229 g/mol. The van der Waals surface area contributed by atoms with E-state index in [1.54, 1.807) is 0 Å². The first-order valence-corrected chi connectivity index (χ1v) is 1.50. The van der Waals surface area contributed by atoms with Gasteiger partial charge in [-0.2, -0.15) is 0 Å². The average Bonchev–Trinajstić information content (AvgIpc) is 0.811. The first-order chi connectivity index (χ1) is 1.73.